The molecule has 3 rings (SSSR count). The highest BCUT2D eigenvalue weighted by atomic mass is 16.5. The van der Waals surface area contributed by atoms with E-state index in [1.807, 2.05) is 30.3 Å². The number of carbonyl (C=O) groups is 1. The third-order valence-electron chi connectivity index (χ3n) is 5.38. The SMILES string of the molecule is COc1ccccc1/C=C/C=C1\Oc2c(ccc([O-])c2C[NH+](CC(C)C)CC(C)C)C1=O. The number of methoxy groups -OCH3 is 1. The van der Waals surface area contributed by atoms with E-state index in [-0.39, 0.29) is 17.3 Å². The molecule has 0 radical (unpaired) electrons. The first-order chi connectivity index (χ1) is 15.3. The van der Waals surface area contributed by atoms with E-state index < -0.39 is 0 Å². The molecule has 5 heteroatoms. The third kappa shape index (κ3) is 5.60. The predicted octanol–water partition coefficient (Wildman–Crippen LogP) is 3.64. The van der Waals surface area contributed by atoms with Gasteiger partial charge in [-0.3, -0.25) is 4.79 Å². The summed E-state index contributed by atoms with van der Waals surface area (Å²) in [5.41, 5.74) is 1.95. The molecule has 1 aliphatic heterocycles. The van der Waals surface area contributed by atoms with Gasteiger partial charge in [0, 0.05) is 23.0 Å². The molecule has 32 heavy (non-hydrogen) atoms. The Bertz CT molecular complexity index is 1010. The maximum Gasteiger partial charge on any atom is 0.231 e. The van der Waals surface area contributed by atoms with Crippen molar-refractivity contribution in [2.24, 2.45) is 11.8 Å². The first kappa shape index (κ1) is 23.6. The smallest absolute Gasteiger partial charge is 0.231 e. The average Bonchev–Trinajstić information content (AvgIpc) is 3.05. The number of ketones is 1. The van der Waals surface area contributed by atoms with Crippen LogP contribution in [-0.2, 0) is 6.54 Å². The summed E-state index contributed by atoms with van der Waals surface area (Å²) in [6.07, 6.45) is 5.28. The summed E-state index contributed by atoms with van der Waals surface area (Å²) in [6.45, 7) is 11.2. The van der Waals surface area contributed by atoms with Crippen LogP contribution in [0.2, 0.25) is 0 Å². The lowest BCUT2D eigenvalue weighted by Crippen LogP contribution is -3.11. The van der Waals surface area contributed by atoms with Gasteiger partial charge in [0.2, 0.25) is 5.78 Å². The molecule has 0 amide bonds. The lowest BCUT2D eigenvalue weighted by molar-refractivity contribution is -0.919. The molecule has 2 aromatic rings. The van der Waals surface area contributed by atoms with Crippen molar-refractivity contribution in [3.63, 3.8) is 0 Å². The Morgan fingerprint density at radius 2 is 1.75 bits per heavy atom. The molecule has 0 unspecified atom stereocenters. The summed E-state index contributed by atoms with van der Waals surface area (Å²) >= 11 is 0. The van der Waals surface area contributed by atoms with Crippen LogP contribution in [0.5, 0.6) is 17.2 Å². The molecule has 170 valence electrons. The molecular weight excluding hydrogens is 402 g/mol. The monoisotopic (exact) mass is 435 g/mol. The van der Waals surface area contributed by atoms with Gasteiger partial charge in [-0.2, -0.15) is 0 Å². The highest BCUT2D eigenvalue weighted by molar-refractivity contribution is 6.12. The van der Waals surface area contributed by atoms with Crippen LogP contribution in [0.1, 0.15) is 49.2 Å². The van der Waals surface area contributed by atoms with Crippen molar-refractivity contribution >= 4 is 11.9 Å². The normalized spacial score (nSPS) is 14.8. The van der Waals surface area contributed by atoms with Gasteiger partial charge in [0.05, 0.1) is 25.8 Å². The highest BCUT2D eigenvalue weighted by Crippen LogP contribution is 2.37. The minimum absolute atomic E-state index is 0.0765. The Balaban J connectivity index is 1.86. The van der Waals surface area contributed by atoms with E-state index in [2.05, 4.69) is 27.7 Å². The lowest BCUT2D eigenvalue weighted by atomic mass is 10.0. The Hall–Kier alpha value is -3.05. The second-order valence-corrected chi connectivity index (χ2v) is 9.10. The molecule has 1 aliphatic rings. The van der Waals surface area contributed by atoms with Crippen molar-refractivity contribution in [1.29, 1.82) is 0 Å². The summed E-state index contributed by atoms with van der Waals surface area (Å²) in [5.74, 6) is 2.15. The van der Waals surface area contributed by atoms with Crippen LogP contribution in [0.4, 0.5) is 0 Å². The number of hydrogen-bond donors (Lipinski definition) is 1. The number of nitrogens with one attached hydrogen (secondary N) is 1. The first-order valence-electron chi connectivity index (χ1n) is 11.2. The summed E-state index contributed by atoms with van der Waals surface area (Å²) in [6, 6.07) is 10.7. The molecule has 1 N–H and O–H groups in total. The number of carbonyl (C=O) groups excluding carboxylic acids is 1. The van der Waals surface area contributed by atoms with Crippen molar-refractivity contribution in [2.45, 2.75) is 34.2 Å². The third-order valence-corrected chi connectivity index (χ3v) is 5.38. The number of ether oxygens (including phenoxy) is 2. The van der Waals surface area contributed by atoms with Gasteiger partial charge < -0.3 is 19.5 Å². The number of rotatable bonds is 9. The number of Topliss-reactive ketones (excluding diaryl/α,β-unsaturated/α-hetero) is 1. The van der Waals surface area contributed by atoms with Crippen molar-refractivity contribution in [2.75, 3.05) is 20.2 Å². The molecule has 0 aromatic heterocycles. The standard InChI is InChI=1S/C27H33NO4/c1-18(2)15-28(16-19(3)4)17-22-23(29)14-13-21-26(30)25(32-27(21)22)12-8-10-20-9-6-7-11-24(20)31-5/h6-14,18-19,29H,15-17H2,1-5H3/b10-8+,25-12-. The zero-order chi connectivity index (χ0) is 23.3. The fourth-order valence-corrected chi connectivity index (χ4v) is 4.15. The van der Waals surface area contributed by atoms with Gasteiger partial charge in [0.25, 0.3) is 0 Å². The summed E-state index contributed by atoms with van der Waals surface area (Å²) in [4.78, 5) is 14.2. The fourth-order valence-electron chi connectivity index (χ4n) is 4.15. The quantitative estimate of drug-likeness (QED) is 0.611. The lowest BCUT2D eigenvalue weighted by Gasteiger charge is -2.26. The highest BCUT2D eigenvalue weighted by Gasteiger charge is 2.31. The number of allylic oxidation sites excluding steroid dienone is 3. The molecule has 1 heterocycles. The number of para-hydroxylation sites is 1. The Morgan fingerprint density at radius 3 is 2.41 bits per heavy atom. The van der Waals surface area contributed by atoms with E-state index in [0.29, 0.717) is 35.3 Å². The zero-order valence-corrected chi connectivity index (χ0v) is 19.6. The zero-order valence-electron chi connectivity index (χ0n) is 19.6. The van der Waals surface area contributed by atoms with Crippen molar-refractivity contribution in [3.8, 4) is 17.2 Å². The molecule has 0 bridgehead atoms. The van der Waals surface area contributed by atoms with Crippen LogP contribution < -0.4 is 19.5 Å². The van der Waals surface area contributed by atoms with E-state index >= 15 is 0 Å². The molecule has 0 atom stereocenters. The topological polar surface area (TPSA) is 63.0 Å². The van der Waals surface area contributed by atoms with Gasteiger partial charge in [-0.05, 0) is 18.2 Å². The molecular formula is C27H33NO4. The molecule has 0 saturated heterocycles. The average molecular weight is 436 g/mol. The van der Waals surface area contributed by atoms with E-state index in [1.165, 1.54) is 11.0 Å². The van der Waals surface area contributed by atoms with Gasteiger partial charge in [0.1, 0.15) is 18.0 Å². The van der Waals surface area contributed by atoms with Gasteiger partial charge in [-0.15, -0.1) is 0 Å². The van der Waals surface area contributed by atoms with Crippen LogP contribution in [0, 0.1) is 11.8 Å². The van der Waals surface area contributed by atoms with Gasteiger partial charge >= 0.3 is 0 Å². The van der Waals surface area contributed by atoms with Crippen molar-refractivity contribution in [1.82, 2.24) is 0 Å². The number of fused-ring (bicyclic) bond motifs is 1. The summed E-state index contributed by atoms with van der Waals surface area (Å²) in [5, 5.41) is 12.7. The summed E-state index contributed by atoms with van der Waals surface area (Å²) < 4.78 is 11.3. The van der Waals surface area contributed by atoms with Crippen molar-refractivity contribution in [3.05, 3.63) is 71.0 Å². The molecule has 0 spiro atoms. The molecule has 0 saturated carbocycles. The van der Waals surface area contributed by atoms with Crippen LogP contribution in [0.3, 0.4) is 0 Å². The minimum atomic E-state index is -0.194. The Morgan fingerprint density at radius 1 is 1.06 bits per heavy atom. The van der Waals surface area contributed by atoms with E-state index in [1.54, 1.807) is 25.3 Å². The Labute approximate surface area is 191 Å². The second-order valence-electron chi connectivity index (χ2n) is 9.10. The Kier molecular flexibility index (Phi) is 7.75. The second kappa shape index (κ2) is 10.5. The van der Waals surface area contributed by atoms with Crippen LogP contribution >= 0.6 is 0 Å². The number of hydrogen-bond acceptors (Lipinski definition) is 4. The molecule has 5 nitrogen and oxygen atoms in total. The van der Waals surface area contributed by atoms with Gasteiger partial charge in [-0.25, -0.2) is 0 Å². The van der Waals surface area contributed by atoms with E-state index in [9.17, 15) is 9.90 Å². The number of benzene rings is 2. The van der Waals surface area contributed by atoms with Crippen molar-refractivity contribution < 1.29 is 24.3 Å². The van der Waals surface area contributed by atoms with E-state index in [0.717, 1.165) is 24.4 Å². The molecule has 0 aliphatic carbocycles. The first-order valence-corrected chi connectivity index (χ1v) is 11.2. The van der Waals surface area contributed by atoms with Crippen LogP contribution in [-0.4, -0.2) is 26.0 Å². The molecule has 2 aromatic carbocycles. The van der Waals surface area contributed by atoms with E-state index in [4.69, 9.17) is 9.47 Å². The maximum atomic E-state index is 12.9. The van der Waals surface area contributed by atoms with Gasteiger partial charge in [0.15, 0.2) is 5.76 Å². The van der Waals surface area contributed by atoms with Gasteiger partial charge in [-0.1, -0.05) is 69.9 Å². The number of quaternary nitrogens is 1. The maximum absolute atomic E-state index is 12.9. The van der Waals surface area contributed by atoms with Crippen LogP contribution in [0.15, 0.2) is 54.3 Å². The minimum Gasteiger partial charge on any atom is -0.872 e. The largest absolute Gasteiger partial charge is 0.872 e. The summed E-state index contributed by atoms with van der Waals surface area (Å²) in [7, 11) is 1.62. The fraction of sp³-hybridized carbons (Fsp3) is 0.370. The molecule has 0 fully saturated rings. The van der Waals surface area contributed by atoms with Crippen LogP contribution in [0.25, 0.3) is 6.08 Å². The predicted molar refractivity (Wildman–Crippen MR) is 125 cm³/mol.